The van der Waals surface area contributed by atoms with Crippen LogP contribution in [0.25, 0.3) is 0 Å². The molecule has 0 bridgehead atoms. The van der Waals surface area contributed by atoms with Crippen molar-refractivity contribution in [1.82, 2.24) is 9.97 Å². The lowest BCUT2D eigenvalue weighted by atomic mass is 10.1. The van der Waals surface area contributed by atoms with E-state index in [2.05, 4.69) is 22.1 Å². The molecule has 0 unspecified atom stereocenters. The molecule has 0 saturated heterocycles. The molecule has 3 heteroatoms. The third-order valence-corrected chi connectivity index (χ3v) is 2.22. The zero-order chi connectivity index (χ0) is 10.5. The standard InChI is InChI=1S/C12H13N3/c13-11(12-14-7-4-8-15-12)9-10-5-2-1-3-6-10/h1-8,11H,9,13H2/t11-/m0/s1. The van der Waals surface area contributed by atoms with Crippen LogP contribution in [0.3, 0.4) is 0 Å². The fourth-order valence-electron chi connectivity index (χ4n) is 1.46. The summed E-state index contributed by atoms with van der Waals surface area (Å²) in [7, 11) is 0. The van der Waals surface area contributed by atoms with Crippen molar-refractivity contribution in [3.63, 3.8) is 0 Å². The van der Waals surface area contributed by atoms with Gasteiger partial charge in [-0.3, -0.25) is 0 Å². The first kappa shape index (κ1) is 9.80. The number of rotatable bonds is 3. The summed E-state index contributed by atoms with van der Waals surface area (Å²) in [6.45, 7) is 0. The van der Waals surface area contributed by atoms with Gasteiger partial charge in [-0.15, -0.1) is 0 Å². The normalized spacial score (nSPS) is 12.3. The summed E-state index contributed by atoms with van der Waals surface area (Å²) >= 11 is 0. The SMILES string of the molecule is N[C@@H](Cc1ccccc1)c1ncccn1. The summed E-state index contributed by atoms with van der Waals surface area (Å²) in [5, 5.41) is 0. The summed E-state index contributed by atoms with van der Waals surface area (Å²) in [5.74, 6) is 0.696. The first-order chi connectivity index (χ1) is 7.36. The van der Waals surface area contributed by atoms with Gasteiger partial charge < -0.3 is 5.73 Å². The summed E-state index contributed by atoms with van der Waals surface area (Å²) in [4.78, 5) is 8.28. The van der Waals surface area contributed by atoms with Gasteiger partial charge in [0.05, 0.1) is 6.04 Å². The molecule has 1 aromatic carbocycles. The smallest absolute Gasteiger partial charge is 0.145 e. The van der Waals surface area contributed by atoms with E-state index in [0.29, 0.717) is 5.82 Å². The van der Waals surface area contributed by atoms with Gasteiger partial charge in [-0.25, -0.2) is 9.97 Å². The van der Waals surface area contributed by atoms with Gasteiger partial charge in [0.15, 0.2) is 0 Å². The van der Waals surface area contributed by atoms with Crippen molar-refractivity contribution < 1.29 is 0 Å². The van der Waals surface area contributed by atoms with Crippen LogP contribution < -0.4 is 5.73 Å². The Morgan fingerprint density at radius 3 is 2.33 bits per heavy atom. The number of nitrogens with two attached hydrogens (primary N) is 1. The summed E-state index contributed by atoms with van der Waals surface area (Å²) in [5.41, 5.74) is 7.21. The number of hydrogen-bond acceptors (Lipinski definition) is 3. The molecule has 76 valence electrons. The lowest BCUT2D eigenvalue weighted by Crippen LogP contribution is -2.16. The van der Waals surface area contributed by atoms with Crippen molar-refractivity contribution in [3.8, 4) is 0 Å². The van der Waals surface area contributed by atoms with Crippen LogP contribution in [0.5, 0.6) is 0 Å². The molecule has 15 heavy (non-hydrogen) atoms. The second-order valence-electron chi connectivity index (χ2n) is 3.40. The van der Waals surface area contributed by atoms with Crippen molar-refractivity contribution in [1.29, 1.82) is 0 Å². The van der Waals surface area contributed by atoms with Crippen LogP contribution in [0, 0.1) is 0 Å². The Balaban J connectivity index is 2.08. The first-order valence-corrected chi connectivity index (χ1v) is 4.92. The van der Waals surface area contributed by atoms with Gasteiger partial charge >= 0.3 is 0 Å². The molecule has 1 atom stereocenters. The maximum absolute atomic E-state index is 6.00. The number of nitrogens with zero attached hydrogens (tertiary/aromatic N) is 2. The molecule has 0 aliphatic heterocycles. The van der Waals surface area contributed by atoms with Gasteiger partial charge in [0.2, 0.25) is 0 Å². The maximum Gasteiger partial charge on any atom is 0.145 e. The number of aromatic nitrogens is 2. The lowest BCUT2D eigenvalue weighted by molar-refractivity contribution is 0.667. The quantitative estimate of drug-likeness (QED) is 0.818. The molecule has 1 heterocycles. The average Bonchev–Trinajstić information content (AvgIpc) is 2.31. The Bertz CT molecular complexity index is 400. The first-order valence-electron chi connectivity index (χ1n) is 4.92. The number of hydrogen-bond donors (Lipinski definition) is 1. The predicted octanol–water partition coefficient (Wildman–Crippen LogP) is 1.72. The van der Waals surface area contributed by atoms with Crippen LogP contribution in [-0.4, -0.2) is 9.97 Å². The monoisotopic (exact) mass is 199 g/mol. The fourth-order valence-corrected chi connectivity index (χ4v) is 1.46. The molecule has 2 N–H and O–H groups in total. The van der Waals surface area contributed by atoms with E-state index in [-0.39, 0.29) is 6.04 Å². The Labute approximate surface area is 89.0 Å². The van der Waals surface area contributed by atoms with Crippen LogP contribution >= 0.6 is 0 Å². The molecular formula is C12H13N3. The topological polar surface area (TPSA) is 51.8 Å². The Kier molecular flexibility index (Phi) is 3.05. The number of benzene rings is 1. The van der Waals surface area contributed by atoms with Gasteiger partial charge in [0.25, 0.3) is 0 Å². The highest BCUT2D eigenvalue weighted by atomic mass is 14.9. The third-order valence-electron chi connectivity index (χ3n) is 2.22. The van der Waals surface area contributed by atoms with Crippen LogP contribution in [0.4, 0.5) is 0 Å². The molecule has 0 amide bonds. The van der Waals surface area contributed by atoms with E-state index in [0.717, 1.165) is 6.42 Å². The van der Waals surface area contributed by atoms with Crippen LogP contribution in [-0.2, 0) is 6.42 Å². The lowest BCUT2D eigenvalue weighted by Gasteiger charge is -2.09. The van der Waals surface area contributed by atoms with Crippen LogP contribution in [0.2, 0.25) is 0 Å². The van der Waals surface area contributed by atoms with E-state index in [4.69, 9.17) is 5.73 Å². The molecular weight excluding hydrogens is 186 g/mol. The minimum atomic E-state index is -0.131. The van der Waals surface area contributed by atoms with Gasteiger partial charge in [-0.1, -0.05) is 30.3 Å². The molecule has 0 aliphatic rings. The minimum Gasteiger partial charge on any atom is -0.321 e. The summed E-state index contributed by atoms with van der Waals surface area (Å²) in [6.07, 6.45) is 4.20. The largest absolute Gasteiger partial charge is 0.321 e. The van der Waals surface area contributed by atoms with E-state index in [1.807, 2.05) is 18.2 Å². The van der Waals surface area contributed by atoms with Crippen LogP contribution in [0.15, 0.2) is 48.8 Å². The molecule has 0 saturated carbocycles. The molecule has 0 aliphatic carbocycles. The Morgan fingerprint density at radius 2 is 1.67 bits per heavy atom. The van der Waals surface area contributed by atoms with Gasteiger partial charge in [-0.05, 0) is 18.1 Å². The zero-order valence-corrected chi connectivity index (χ0v) is 8.38. The van der Waals surface area contributed by atoms with Gasteiger partial charge in [-0.2, -0.15) is 0 Å². The van der Waals surface area contributed by atoms with Crippen molar-refractivity contribution in [2.45, 2.75) is 12.5 Å². The minimum absolute atomic E-state index is 0.131. The molecule has 1 aromatic heterocycles. The van der Waals surface area contributed by atoms with Gasteiger partial charge in [0, 0.05) is 12.4 Å². The molecule has 0 radical (unpaired) electrons. The highest BCUT2D eigenvalue weighted by Gasteiger charge is 2.08. The molecule has 2 rings (SSSR count). The van der Waals surface area contributed by atoms with E-state index in [1.54, 1.807) is 18.5 Å². The van der Waals surface area contributed by atoms with Crippen molar-refractivity contribution in [2.75, 3.05) is 0 Å². The van der Waals surface area contributed by atoms with Gasteiger partial charge in [0.1, 0.15) is 5.82 Å². The van der Waals surface area contributed by atoms with Crippen molar-refractivity contribution >= 4 is 0 Å². The molecule has 0 fully saturated rings. The van der Waals surface area contributed by atoms with Crippen LogP contribution in [0.1, 0.15) is 17.4 Å². The van der Waals surface area contributed by atoms with E-state index in [1.165, 1.54) is 5.56 Å². The molecule has 3 nitrogen and oxygen atoms in total. The van der Waals surface area contributed by atoms with E-state index in [9.17, 15) is 0 Å². The van der Waals surface area contributed by atoms with E-state index >= 15 is 0 Å². The van der Waals surface area contributed by atoms with Crippen molar-refractivity contribution in [2.24, 2.45) is 5.73 Å². The molecule has 0 spiro atoms. The fraction of sp³-hybridized carbons (Fsp3) is 0.167. The highest BCUT2D eigenvalue weighted by Crippen LogP contribution is 2.11. The second-order valence-corrected chi connectivity index (χ2v) is 3.40. The molecule has 2 aromatic rings. The zero-order valence-electron chi connectivity index (χ0n) is 8.38. The third kappa shape index (κ3) is 2.60. The van der Waals surface area contributed by atoms with E-state index < -0.39 is 0 Å². The Hall–Kier alpha value is -1.74. The average molecular weight is 199 g/mol. The van der Waals surface area contributed by atoms with Crippen molar-refractivity contribution in [3.05, 3.63) is 60.2 Å². The summed E-state index contributed by atoms with van der Waals surface area (Å²) in [6, 6.07) is 11.8. The predicted molar refractivity (Wildman–Crippen MR) is 59.1 cm³/mol. The summed E-state index contributed by atoms with van der Waals surface area (Å²) < 4.78 is 0. The maximum atomic E-state index is 6.00. The second kappa shape index (κ2) is 4.66. The highest BCUT2D eigenvalue weighted by molar-refractivity contribution is 5.17. The Morgan fingerprint density at radius 1 is 1.00 bits per heavy atom.